The monoisotopic (exact) mass is 315 g/mol. The average molecular weight is 315 g/mol. The van der Waals surface area contributed by atoms with E-state index >= 15 is 0 Å². The van der Waals surface area contributed by atoms with E-state index in [2.05, 4.69) is 5.32 Å². The Morgan fingerprint density at radius 1 is 1.30 bits per heavy atom. The fourth-order valence-electron chi connectivity index (χ4n) is 2.37. The van der Waals surface area contributed by atoms with Crippen molar-refractivity contribution >= 4 is 34.3 Å². The predicted octanol–water partition coefficient (Wildman–Crippen LogP) is 2.92. The number of ketones is 1. The Hall–Kier alpha value is -2.63. The number of nitrogens with one attached hydrogen (secondary N) is 1. The minimum Gasteiger partial charge on any atom is -0.460 e. The molecule has 6 nitrogen and oxygen atoms in total. The molecule has 1 heterocycles. The Morgan fingerprint density at radius 2 is 2.09 bits per heavy atom. The Balaban J connectivity index is 1.78. The largest absolute Gasteiger partial charge is 0.460 e. The van der Waals surface area contributed by atoms with E-state index in [1.807, 2.05) is 0 Å². The molecular weight excluding hydrogens is 298 g/mol. The van der Waals surface area contributed by atoms with Crippen LogP contribution in [0.2, 0.25) is 0 Å². The normalized spacial score (nSPS) is 13.8. The molecular formula is C17H17NO5. The maximum Gasteiger partial charge on any atom is 0.374 e. The molecule has 23 heavy (non-hydrogen) atoms. The lowest BCUT2D eigenvalue weighted by Crippen LogP contribution is -2.17. The van der Waals surface area contributed by atoms with E-state index < -0.39 is 5.97 Å². The zero-order valence-electron chi connectivity index (χ0n) is 12.8. The highest BCUT2D eigenvalue weighted by Crippen LogP contribution is 2.31. The topological polar surface area (TPSA) is 85.6 Å². The van der Waals surface area contributed by atoms with Crippen LogP contribution in [-0.2, 0) is 14.3 Å². The number of Topliss-reactive ketones (excluding diaryl/α,β-unsaturated/α-hetero) is 1. The molecule has 2 aromatic rings. The third-order valence-corrected chi connectivity index (χ3v) is 3.66. The summed E-state index contributed by atoms with van der Waals surface area (Å²) in [7, 11) is 0. The van der Waals surface area contributed by atoms with Crippen LogP contribution in [-0.4, -0.2) is 24.3 Å². The molecule has 0 unspecified atom stereocenters. The number of fused-ring (bicyclic) bond motifs is 1. The molecule has 0 radical (unpaired) electrons. The second-order valence-corrected chi connectivity index (χ2v) is 5.52. The van der Waals surface area contributed by atoms with Gasteiger partial charge in [-0.15, -0.1) is 0 Å². The summed E-state index contributed by atoms with van der Waals surface area (Å²) < 4.78 is 10.4. The first kappa shape index (κ1) is 15.3. The summed E-state index contributed by atoms with van der Waals surface area (Å²) in [5.41, 5.74) is 0.828. The van der Waals surface area contributed by atoms with Crippen LogP contribution >= 0.6 is 0 Å². The van der Waals surface area contributed by atoms with Crippen LogP contribution in [0.25, 0.3) is 11.0 Å². The number of para-hydroxylation sites is 1. The van der Waals surface area contributed by atoms with Gasteiger partial charge in [0, 0.05) is 11.3 Å². The molecule has 1 aliphatic carbocycles. The van der Waals surface area contributed by atoms with Gasteiger partial charge in [-0.3, -0.25) is 9.59 Å². The number of esters is 1. The van der Waals surface area contributed by atoms with Crippen LogP contribution in [0.3, 0.4) is 0 Å². The average Bonchev–Trinajstić information content (AvgIpc) is 3.26. The molecule has 1 fully saturated rings. The van der Waals surface area contributed by atoms with Crippen molar-refractivity contribution in [2.24, 2.45) is 5.92 Å². The van der Waals surface area contributed by atoms with Gasteiger partial charge in [-0.2, -0.15) is 0 Å². The van der Waals surface area contributed by atoms with Gasteiger partial charge in [0.1, 0.15) is 5.78 Å². The molecule has 6 heteroatoms. The molecule has 3 rings (SSSR count). The molecule has 1 amide bonds. The van der Waals surface area contributed by atoms with Gasteiger partial charge in [0.05, 0.1) is 18.7 Å². The zero-order valence-corrected chi connectivity index (χ0v) is 12.8. The second-order valence-electron chi connectivity index (χ2n) is 5.52. The number of anilines is 1. The van der Waals surface area contributed by atoms with Crippen molar-refractivity contribution in [3.05, 3.63) is 30.0 Å². The highest BCUT2D eigenvalue weighted by Gasteiger charge is 2.30. The summed E-state index contributed by atoms with van der Waals surface area (Å²) >= 11 is 0. The predicted molar refractivity (Wildman–Crippen MR) is 83.1 cm³/mol. The Kier molecular flexibility index (Phi) is 4.14. The number of amides is 1. The smallest absolute Gasteiger partial charge is 0.374 e. The molecule has 120 valence electrons. The summed E-state index contributed by atoms with van der Waals surface area (Å²) in [6.07, 6.45) is 1.62. The molecule has 0 aliphatic heterocycles. The molecule has 1 saturated carbocycles. The fraction of sp³-hybridized carbons (Fsp3) is 0.353. The highest BCUT2D eigenvalue weighted by molar-refractivity contribution is 6.08. The van der Waals surface area contributed by atoms with Crippen LogP contribution in [0, 0.1) is 5.92 Å². The van der Waals surface area contributed by atoms with Crippen LogP contribution in [0.4, 0.5) is 5.69 Å². The van der Waals surface area contributed by atoms with E-state index in [4.69, 9.17) is 9.15 Å². The van der Waals surface area contributed by atoms with Gasteiger partial charge in [0.15, 0.2) is 5.58 Å². The fourth-order valence-corrected chi connectivity index (χ4v) is 2.37. The summed E-state index contributed by atoms with van der Waals surface area (Å²) in [4.78, 5) is 35.4. The van der Waals surface area contributed by atoms with Gasteiger partial charge in [0.2, 0.25) is 11.7 Å². The maximum absolute atomic E-state index is 12.0. The van der Waals surface area contributed by atoms with Crippen molar-refractivity contribution in [3.63, 3.8) is 0 Å². The van der Waals surface area contributed by atoms with Crippen molar-refractivity contribution in [3.8, 4) is 0 Å². The lowest BCUT2D eigenvalue weighted by molar-refractivity contribution is -0.126. The number of hydrogen-bond acceptors (Lipinski definition) is 5. The van der Waals surface area contributed by atoms with Gasteiger partial charge in [0.25, 0.3) is 0 Å². The quantitative estimate of drug-likeness (QED) is 0.654. The number of furan rings is 1. The molecule has 1 aromatic carbocycles. The Labute approximate surface area is 132 Å². The van der Waals surface area contributed by atoms with Gasteiger partial charge >= 0.3 is 5.97 Å². The SMILES string of the molecule is CCOC(=O)c1cc2cccc(NC(=O)CC(=O)C3CC3)c2o1. The van der Waals surface area contributed by atoms with Crippen LogP contribution in [0.5, 0.6) is 0 Å². The van der Waals surface area contributed by atoms with Crippen molar-refractivity contribution < 1.29 is 23.5 Å². The Morgan fingerprint density at radius 3 is 2.78 bits per heavy atom. The number of ether oxygens (including phenoxy) is 1. The lowest BCUT2D eigenvalue weighted by atomic mass is 10.2. The minimum atomic E-state index is -0.551. The first-order valence-electron chi connectivity index (χ1n) is 7.60. The number of benzene rings is 1. The number of hydrogen-bond donors (Lipinski definition) is 1. The number of rotatable bonds is 6. The van der Waals surface area contributed by atoms with Crippen molar-refractivity contribution in [2.45, 2.75) is 26.2 Å². The van der Waals surface area contributed by atoms with Gasteiger partial charge in [-0.1, -0.05) is 12.1 Å². The number of carbonyl (C=O) groups is 3. The minimum absolute atomic E-state index is 0.0265. The second kappa shape index (κ2) is 6.24. The maximum atomic E-state index is 12.0. The van der Waals surface area contributed by atoms with Crippen LogP contribution < -0.4 is 5.32 Å². The van der Waals surface area contributed by atoms with Crippen LogP contribution in [0.1, 0.15) is 36.7 Å². The molecule has 0 spiro atoms. The molecule has 1 aromatic heterocycles. The standard InChI is InChI=1S/C17H17NO5/c1-2-22-17(21)14-8-11-4-3-5-12(16(11)23-14)18-15(20)9-13(19)10-6-7-10/h3-5,8,10H,2,6-7,9H2,1H3,(H,18,20). The van der Waals surface area contributed by atoms with Crippen LogP contribution in [0.15, 0.2) is 28.7 Å². The highest BCUT2D eigenvalue weighted by atomic mass is 16.5. The molecule has 1 aliphatic rings. The Bertz CT molecular complexity index is 772. The molecule has 0 saturated heterocycles. The van der Waals surface area contributed by atoms with Crippen molar-refractivity contribution in [1.29, 1.82) is 0 Å². The lowest BCUT2D eigenvalue weighted by Gasteiger charge is -2.05. The van der Waals surface area contributed by atoms with E-state index in [9.17, 15) is 14.4 Å². The van der Waals surface area contributed by atoms with E-state index in [0.29, 0.717) is 16.7 Å². The summed E-state index contributed by atoms with van der Waals surface area (Å²) in [5.74, 6) is -0.817. The molecule has 1 N–H and O–H groups in total. The summed E-state index contributed by atoms with van der Waals surface area (Å²) in [6.45, 7) is 1.96. The van der Waals surface area contributed by atoms with Gasteiger partial charge < -0.3 is 14.5 Å². The van der Waals surface area contributed by atoms with Crippen molar-refractivity contribution in [1.82, 2.24) is 0 Å². The molecule has 0 atom stereocenters. The van der Waals surface area contributed by atoms with E-state index in [1.54, 1.807) is 31.2 Å². The third-order valence-electron chi connectivity index (χ3n) is 3.66. The summed E-state index contributed by atoms with van der Waals surface area (Å²) in [6, 6.07) is 6.75. The van der Waals surface area contributed by atoms with Gasteiger partial charge in [-0.05, 0) is 31.9 Å². The third kappa shape index (κ3) is 3.41. The van der Waals surface area contributed by atoms with Gasteiger partial charge in [-0.25, -0.2) is 4.79 Å². The van der Waals surface area contributed by atoms with Crippen molar-refractivity contribution in [2.75, 3.05) is 11.9 Å². The first-order chi connectivity index (χ1) is 11.1. The van der Waals surface area contributed by atoms with E-state index in [1.165, 1.54) is 0 Å². The van der Waals surface area contributed by atoms with E-state index in [-0.39, 0.29) is 36.4 Å². The zero-order chi connectivity index (χ0) is 16.4. The molecule has 0 bridgehead atoms. The van der Waals surface area contributed by atoms with E-state index in [0.717, 1.165) is 12.8 Å². The first-order valence-corrected chi connectivity index (χ1v) is 7.60. The number of carbonyl (C=O) groups excluding carboxylic acids is 3. The summed E-state index contributed by atoms with van der Waals surface area (Å²) in [5, 5.41) is 3.36.